The molecule has 0 saturated carbocycles. The van der Waals surface area contributed by atoms with Crippen LogP contribution in [0.3, 0.4) is 0 Å². The first-order valence-corrected chi connectivity index (χ1v) is 6.62. The minimum atomic E-state index is -0.669. The molecule has 1 aromatic rings. The van der Waals surface area contributed by atoms with Gasteiger partial charge in [0.25, 0.3) is 0 Å². The van der Waals surface area contributed by atoms with Crippen molar-refractivity contribution in [2.45, 2.75) is 39.8 Å². The molecule has 0 spiro atoms. The lowest BCUT2D eigenvalue weighted by molar-refractivity contribution is 0.0517. The predicted octanol–water partition coefficient (Wildman–Crippen LogP) is 1.40. The predicted molar refractivity (Wildman–Crippen MR) is 75.1 cm³/mol. The van der Waals surface area contributed by atoms with E-state index in [4.69, 9.17) is 14.6 Å². The van der Waals surface area contributed by atoms with Gasteiger partial charge in [-0.15, -0.1) is 0 Å². The van der Waals surface area contributed by atoms with E-state index >= 15 is 0 Å². The monoisotopic (exact) mass is 299 g/mol. The van der Waals surface area contributed by atoms with Crippen LogP contribution in [0.25, 0.3) is 0 Å². The van der Waals surface area contributed by atoms with E-state index in [0.717, 1.165) is 0 Å². The van der Waals surface area contributed by atoms with Gasteiger partial charge in [0.05, 0.1) is 19.8 Å². The highest BCUT2D eigenvalue weighted by atomic mass is 16.6. The third kappa shape index (κ3) is 5.42. The quantitative estimate of drug-likeness (QED) is 0.797. The molecule has 0 unspecified atom stereocenters. The Morgan fingerprint density at radius 3 is 2.62 bits per heavy atom. The molecule has 0 saturated heterocycles. The van der Waals surface area contributed by atoms with Crippen LogP contribution in [0.2, 0.25) is 0 Å². The van der Waals surface area contributed by atoms with E-state index in [1.54, 1.807) is 27.7 Å². The molecule has 1 rings (SSSR count). The Balaban J connectivity index is 2.89. The zero-order valence-corrected chi connectivity index (χ0v) is 12.7. The molecule has 1 amide bonds. The van der Waals surface area contributed by atoms with Crippen LogP contribution >= 0.6 is 0 Å². The molecule has 1 aromatic heterocycles. The fourth-order valence-electron chi connectivity index (χ4n) is 1.50. The van der Waals surface area contributed by atoms with Crippen LogP contribution in [-0.2, 0) is 16.0 Å². The molecule has 8 nitrogen and oxygen atoms in total. The van der Waals surface area contributed by atoms with Gasteiger partial charge in [-0.2, -0.15) is 5.10 Å². The highest BCUT2D eigenvalue weighted by Crippen LogP contribution is 2.14. The maximum Gasteiger partial charge on any atom is 0.413 e. The van der Waals surface area contributed by atoms with Gasteiger partial charge in [-0.25, -0.2) is 14.3 Å². The van der Waals surface area contributed by atoms with Crippen molar-refractivity contribution in [2.24, 2.45) is 0 Å². The van der Waals surface area contributed by atoms with E-state index in [0.29, 0.717) is 0 Å². The number of aromatic nitrogens is 2. The Kier molecular flexibility index (Phi) is 5.71. The molecule has 0 aromatic carbocycles. The van der Waals surface area contributed by atoms with Crippen molar-refractivity contribution in [3.63, 3.8) is 0 Å². The Morgan fingerprint density at radius 2 is 2.10 bits per heavy atom. The van der Waals surface area contributed by atoms with Crippen molar-refractivity contribution in [3.05, 3.63) is 11.8 Å². The average molecular weight is 299 g/mol. The van der Waals surface area contributed by atoms with Gasteiger partial charge in [0.2, 0.25) is 0 Å². The lowest BCUT2D eigenvalue weighted by Crippen LogP contribution is -2.28. The summed E-state index contributed by atoms with van der Waals surface area (Å²) in [5, 5.41) is 15.5. The fraction of sp³-hybridized carbons (Fsp3) is 0.615. The summed E-state index contributed by atoms with van der Waals surface area (Å²) < 4.78 is 11.3. The number of anilines is 1. The number of nitrogens with zero attached hydrogens (tertiary/aromatic N) is 2. The zero-order chi connectivity index (χ0) is 16.0. The van der Waals surface area contributed by atoms with Gasteiger partial charge >= 0.3 is 12.1 Å². The number of hydrogen-bond acceptors (Lipinski definition) is 6. The summed E-state index contributed by atoms with van der Waals surface area (Å²) in [4.78, 5) is 23.4. The number of amides is 1. The second-order valence-corrected chi connectivity index (χ2v) is 5.21. The highest BCUT2D eigenvalue weighted by Gasteiger charge is 2.20. The van der Waals surface area contributed by atoms with Gasteiger partial charge in [0.15, 0.2) is 5.69 Å². The molecule has 0 radical (unpaired) electrons. The summed E-state index contributed by atoms with van der Waals surface area (Å²) in [5.74, 6) is -0.345. The van der Waals surface area contributed by atoms with Crippen LogP contribution in [0.15, 0.2) is 6.07 Å². The van der Waals surface area contributed by atoms with E-state index in [-0.39, 0.29) is 31.3 Å². The van der Waals surface area contributed by atoms with E-state index in [1.165, 1.54) is 10.7 Å². The molecule has 118 valence electrons. The molecule has 8 heteroatoms. The summed E-state index contributed by atoms with van der Waals surface area (Å²) in [7, 11) is 0. The van der Waals surface area contributed by atoms with Gasteiger partial charge < -0.3 is 14.6 Å². The second kappa shape index (κ2) is 7.07. The van der Waals surface area contributed by atoms with E-state index in [9.17, 15) is 9.59 Å². The number of aliphatic hydroxyl groups is 1. The van der Waals surface area contributed by atoms with Crippen LogP contribution in [0, 0.1) is 0 Å². The Labute approximate surface area is 123 Å². The van der Waals surface area contributed by atoms with E-state index < -0.39 is 17.7 Å². The normalized spacial score (nSPS) is 11.1. The number of hydrogen-bond donors (Lipinski definition) is 2. The first-order chi connectivity index (χ1) is 9.76. The summed E-state index contributed by atoms with van der Waals surface area (Å²) in [5.41, 5.74) is -0.591. The minimum Gasteiger partial charge on any atom is -0.461 e. The SMILES string of the molecule is CCOC(=O)c1cc(NC(=O)OC(C)(C)C)n(CCO)n1. The molecule has 0 aliphatic heterocycles. The number of rotatable bonds is 5. The molecule has 2 N–H and O–H groups in total. The lowest BCUT2D eigenvalue weighted by Gasteiger charge is -2.19. The second-order valence-electron chi connectivity index (χ2n) is 5.21. The van der Waals surface area contributed by atoms with Crippen molar-refractivity contribution in [2.75, 3.05) is 18.5 Å². The van der Waals surface area contributed by atoms with E-state index in [1.807, 2.05) is 0 Å². The van der Waals surface area contributed by atoms with Gasteiger partial charge in [0, 0.05) is 6.07 Å². The maximum atomic E-state index is 11.7. The van der Waals surface area contributed by atoms with Crippen molar-refractivity contribution in [1.82, 2.24) is 9.78 Å². The van der Waals surface area contributed by atoms with Crippen LogP contribution in [0.5, 0.6) is 0 Å². The molecule has 0 bridgehead atoms. The molecule has 0 aliphatic rings. The number of carbonyl (C=O) groups is 2. The first kappa shape index (κ1) is 17.0. The largest absolute Gasteiger partial charge is 0.461 e. The summed E-state index contributed by atoms with van der Waals surface area (Å²) >= 11 is 0. The number of nitrogens with one attached hydrogen (secondary N) is 1. The maximum absolute atomic E-state index is 11.7. The number of esters is 1. The van der Waals surface area contributed by atoms with Crippen LogP contribution in [-0.4, -0.2) is 45.8 Å². The van der Waals surface area contributed by atoms with Gasteiger partial charge in [-0.3, -0.25) is 5.32 Å². The molecular formula is C13H21N3O5. The molecule has 0 fully saturated rings. The number of ether oxygens (including phenoxy) is 2. The first-order valence-electron chi connectivity index (χ1n) is 6.62. The van der Waals surface area contributed by atoms with Gasteiger partial charge in [-0.1, -0.05) is 0 Å². The van der Waals surface area contributed by atoms with Crippen LogP contribution < -0.4 is 5.32 Å². The van der Waals surface area contributed by atoms with Gasteiger partial charge in [0.1, 0.15) is 11.4 Å². The summed E-state index contributed by atoms with van der Waals surface area (Å²) in [6, 6.07) is 1.37. The smallest absolute Gasteiger partial charge is 0.413 e. The molecule has 0 atom stereocenters. The summed E-state index contributed by atoms with van der Waals surface area (Å²) in [6.45, 7) is 7.06. The van der Waals surface area contributed by atoms with E-state index in [2.05, 4.69) is 10.4 Å². The number of aliphatic hydroxyl groups excluding tert-OH is 1. The van der Waals surface area contributed by atoms with Crippen molar-refractivity contribution < 1.29 is 24.2 Å². The molecular weight excluding hydrogens is 278 g/mol. The standard InChI is InChI=1S/C13H21N3O5/c1-5-20-11(18)9-8-10(16(15-9)6-7-17)14-12(19)21-13(2,3)4/h8,17H,5-7H2,1-4H3,(H,14,19). The van der Waals surface area contributed by atoms with Crippen LogP contribution in [0.1, 0.15) is 38.2 Å². The van der Waals surface area contributed by atoms with Crippen molar-refractivity contribution in [1.29, 1.82) is 0 Å². The third-order valence-electron chi connectivity index (χ3n) is 2.21. The Bertz CT molecular complexity index is 504. The highest BCUT2D eigenvalue weighted by molar-refractivity contribution is 5.90. The Hall–Kier alpha value is -2.09. The fourth-order valence-corrected chi connectivity index (χ4v) is 1.50. The molecule has 0 aliphatic carbocycles. The minimum absolute atomic E-state index is 0.0522. The topological polar surface area (TPSA) is 103 Å². The van der Waals surface area contributed by atoms with Crippen molar-refractivity contribution >= 4 is 17.9 Å². The Morgan fingerprint density at radius 1 is 1.43 bits per heavy atom. The summed E-state index contributed by atoms with van der Waals surface area (Å²) in [6.07, 6.45) is -0.669. The molecule has 21 heavy (non-hydrogen) atoms. The zero-order valence-electron chi connectivity index (χ0n) is 12.7. The number of carbonyl (C=O) groups excluding carboxylic acids is 2. The van der Waals surface area contributed by atoms with Crippen molar-refractivity contribution in [3.8, 4) is 0 Å². The van der Waals surface area contributed by atoms with Gasteiger partial charge in [-0.05, 0) is 27.7 Å². The molecule has 1 heterocycles. The lowest BCUT2D eigenvalue weighted by atomic mass is 10.2. The van der Waals surface area contributed by atoms with Crippen LogP contribution in [0.4, 0.5) is 10.6 Å². The average Bonchev–Trinajstić information content (AvgIpc) is 2.71. The third-order valence-corrected chi connectivity index (χ3v) is 2.21.